The zero-order valence-electron chi connectivity index (χ0n) is 17.5. The van der Waals surface area contributed by atoms with E-state index in [0.29, 0.717) is 31.7 Å². The van der Waals surface area contributed by atoms with Crippen LogP contribution in [0.2, 0.25) is 0 Å². The van der Waals surface area contributed by atoms with Crippen molar-refractivity contribution in [3.63, 3.8) is 0 Å². The molecule has 0 radical (unpaired) electrons. The van der Waals surface area contributed by atoms with Crippen LogP contribution < -0.4 is 14.5 Å². The molecule has 0 unspecified atom stereocenters. The van der Waals surface area contributed by atoms with Crippen molar-refractivity contribution in [3.05, 3.63) is 54.1 Å². The third kappa shape index (κ3) is 4.27. The van der Waals surface area contributed by atoms with Crippen LogP contribution in [0.1, 0.15) is 36.5 Å². The number of rotatable bonds is 5. The molecule has 0 aromatic heterocycles. The van der Waals surface area contributed by atoms with Crippen LogP contribution in [0.25, 0.3) is 0 Å². The summed E-state index contributed by atoms with van der Waals surface area (Å²) >= 11 is 0. The molecule has 2 aromatic rings. The summed E-state index contributed by atoms with van der Waals surface area (Å²) in [5.74, 6) is 1.11. The van der Waals surface area contributed by atoms with E-state index in [1.165, 1.54) is 0 Å². The molecule has 2 aliphatic rings. The molecule has 0 aliphatic carbocycles. The summed E-state index contributed by atoms with van der Waals surface area (Å²) in [4.78, 5) is 31.1. The lowest BCUT2D eigenvalue weighted by Gasteiger charge is -2.36. The highest BCUT2D eigenvalue weighted by atomic mass is 16.5. The first-order valence-corrected chi connectivity index (χ1v) is 10.8. The maximum atomic E-state index is 13.0. The van der Waals surface area contributed by atoms with Gasteiger partial charge in [0.1, 0.15) is 5.75 Å². The van der Waals surface area contributed by atoms with E-state index in [1.54, 1.807) is 0 Å². The molecule has 0 N–H and O–H groups in total. The standard InChI is InChI=1S/C24H29N3O3/c1-2-30-22-8-4-3-7-21(22)25-15-17-26(18-16-25)24(29)19-10-12-20(13-11-19)27-14-6-5-9-23(27)28/h3-4,7-8,10-13H,2,5-6,9,14-18H2,1H3. The van der Waals surface area contributed by atoms with E-state index in [9.17, 15) is 9.59 Å². The first kappa shape index (κ1) is 20.3. The Labute approximate surface area is 178 Å². The molecule has 2 amide bonds. The molecular weight excluding hydrogens is 378 g/mol. The first-order chi connectivity index (χ1) is 14.7. The average molecular weight is 408 g/mol. The van der Waals surface area contributed by atoms with E-state index in [-0.39, 0.29) is 11.8 Å². The fourth-order valence-electron chi connectivity index (χ4n) is 4.19. The minimum absolute atomic E-state index is 0.0456. The van der Waals surface area contributed by atoms with Gasteiger partial charge in [-0.2, -0.15) is 0 Å². The average Bonchev–Trinajstić information content (AvgIpc) is 2.80. The second kappa shape index (κ2) is 9.20. The van der Waals surface area contributed by atoms with Crippen LogP contribution in [-0.4, -0.2) is 56.0 Å². The van der Waals surface area contributed by atoms with E-state index < -0.39 is 0 Å². The Balaban J connectivity index is 1.38. The number of piperazine rings is 1. The summed E-state index contributed by atoms with van der Waals surface area (Å²) in [6.07, 6.45) is 2.60. The van der Waals surface area contributed by atoms with Crippen LogP contribution in [0.3, 0.4) is 0 Å². The first-order valence-electron chi connectivity index (χ1n) is 10.8. The van der Waals surface area contributed by atoms with Gasteiger partial charge >= 0.3 is 0 Å². The van der Waals surface area contributed by atoms with E-state index in [2.05, 4.69) is 11.0 Å². The van der Waals surface area contributed by atoms with Gasteiger partial charge in [-0.25, -0.2) is 0 Å². The zero-order valence-corrected chi connectivity index (χ0v) is 17.5. The zero-order chi connectivity index (χ0) is 20.9. The molecule has 6 heteroatoms. The van der Waals surface area contributed by atoms with Crippen molar-refractivity contribution in [2.24, 2.45) is 0 Å². The van der Waals surface area contributed by atoms with Crippen molar-refractivity contribution in [3.8, 4) is 5.75 Å². The molecule has 2 heterocycles. The number of hydrogen-bond donors (Lipinski definition) is 0. The van der Waals surface area contributed by atoms with Gasteiger partial charge in [0.15, 0.2) is 0 Å². The number of carbonyl (C=O) groups excluding carboxylic acids is 2. The highest BCUT2D eigenvalue weighted by molar-refractivity contribution is 5.97. The normalized spacial score (nSPS) is 17.2. The molecule has 0 atom stereocenters. The maximum Gasteiger partial charge on any atom is 0.253 e. The quantitative estimate of drug-likeness (QED) is 0.761. The third-order valence-corrected chi connectivity index (χ3v) is 5.82. The van der Waals surface area contributed by atoms with Crippen LogP contribution in [-0.2, 0) is 4.79 Å². The van der Waals surface area contributed by atoms with Crippen LogP contribution >= 0.6 is 0 Å². The van der Waals surface area contributed by atoms with Crippen LogP contribution in [0.5, 0.6) is 5.75 Å². The minimum atomic E-state index is 0.0456. The third-order valence-electron chi connectivity index (χ3n) is 5.82. The highest BCUT2D eigenvalue weighted by Gasteiger charge is 2.24. The lowest BCUT2D eigenvalue weighted by molar-refractivity contribution is -0.119. The number of ether oxygens (including phenoxy) is 1. The Hall–Kier alpha value is -3.02. The summed E-state index contributed by atoms with van der Waals surface area (Å²) in [7, 11) is 0. The van der Waals surface area contributed by atoms with E-state index in [0.717, 1.165) is 49.6 Å². The van der Waals surface area contributed by atoms with Gasteiger partial charge in [-0.3, -0.25) is 9.59 Å². The molecule has 0 bridgehead atoms. The Morgan fingerprint density at radius 1 is 0.933 bits per heavy atom. The Bertz CT molecular complexity index is 889. The van der Waals surface area contributed by atoms with Crippen molar-refractivity contribution < 1.29 is 14.3 Å². The van der Waals surface area contributed by atoms with Crippen molar-refractivity contribution in [1.29, 1.82) is 0 Å². The summed E-state index contributed by atoms with van der Waals surface area (Å²) in [5, 5.41) is 0. The Morgan fingerprint density at radius 2 is 1.67 bits per heavy atom. The van der Waals surface area contributed by atoms with Crippen molar-refractivity contribution in [2.45, 2.75) is 26.2 Å². The molecule has 158 valence electrons. The number of nitrogens with zero attached hydrogens (tertiary/aromatic N) is 3. The number of carbonyl (C=O) groups is 2. The highest BCUT2D eigenvalue weighted by Crippen LogP contribution is 2.29. The van der Waals surface area contributed by atoms with E-state index in [1.807, 2.05) is 59.2 Å². The lowest BCUT2D eigenvalue weighted by Crippen LogP contribution is -2.48. The lowest BCUT2D eigenvalue weighted by atomic mass is 10.1. The van der Waals surface area contributed by atoms with Gasteiger partial charge in [0.25, 0.3) is 5.91 Å². The molecule has 4 rings (SSSR count). The SMILES string of the molecule is CCOc1ccccc1N1CCN(C(=O)c2ccc(N3CCCCC3=O)cc2)CC1. The molecule has 2 saturated heterocycles. The van der Waals surface area contributed by atoms with Gasteiger partial charge in [0.05, 0.1) is 12.3 Å². The molecule has 30 heavy (non-hydrogen) atoms. The molecule has 2 aromatic carbocycles. The molecule has 6 nitrogen and oxygen atoms in total. The monoisotopic (exact) mass is 407 g/mol. The topological polar surface area (TPSA) is 53.1 Å². The number of para-hydroxylation sites is 2. The van der Waals surface area contributed by atoms with Crippen molar-refractivity contribution in [1.82, 2.24) is 4.90 Å². The fourth-order valence-corrected chi connectivity index (χ4v) is 4.19. The Morgan fingerprint density at radius 3 is 2.37 bits per heavy atom. The molecular formula is C24H29N3O3. The summed E-state index contributed by atoms with van der Waals surface area (Å²) in [5.41, 5.74) is 2.64. The van der Waals surface area contributed by atoms with Crippen LogP contribution in [0.4, 0.5) is 11.4 Å². The van der Waals surface area contributed by atoms with Gasteiger partial charge in [0.2, 0.25) is 5.91 Å². The van der Waals surface area contributed by atoms with E-state index in [4.69, 9.17) is 4.74 Å². The molecule has 0 spiro atoms. The molecule has 0 saturated carbocycles. The van der Waals surface area contributed by atoms with Crippen LogP contribution in [0.15, 0.2) is 48.5 Å². The van der Waals surface area contributed by atoms with Crippen LogP contribution in [0, 0.1) is 0 Å². The fraction of sp³-hybridized carbons (Fsp3) is 0.417. The predicted molar refractivity (Wildman–Crippen MR) is 118 cm³/mol. The second-order valence-corrected chi connectivity index (χ2v) is 7.73. The van der Waals surface area contributed by atoms with Gasteiger partial charge in [0, 0.05) is 50.4 Å². The minimum Gasteiger partial charge on any atom is -0.492 e. The summed E-state index contributed by atoms with van der Waals surface area (Å²) in [6.45, 7) is 6.27. The van der Waals surface area contributed by atoms with Gasteiger partial charge in [-0.05, 0) is 56.2 Å². The van der Waals surface area contributed by atoms with Gasteiger partial charge < -0.3 is 19.4 Å². The smallest absolute Gasteiger partial charge is 0.253 e. The predicted octanol–water partition coefficient (Wildman–Crippen LogP) is 3.56. The van der Waals surface area contributed by atoms with Crippen molar-refractivity contribution >= 4 is 23.2 Å². The Kier molecular flexibility index (Phi) is 6.21. The number of anilines is 2. The largest absolute Gasteiger partial charge is 0.492 e. The van der Waals surface area contributed by atoms with E-state index >= 15 is 0 Å². The molecule has 2 aliphatic heterocycles. The van der Waals surface area contributed by atoms with Crippen molar-refractivity contribution in [2.75, 3.05) is 49.1 Å². The van der Waals surface area contributed by atoms with Gasteiger partial charge in [-0.1, -0.05) is 12.1 Å². The number of benzene rings is 2. The number of hydrogen-bond acceptors (Lipinski definition) is 4. The number of piperidine rings is 1. The summed E-state index contributed by atoms with van der Waals surface area (Å²) in [6, 6.07) is 15.5. The maximum absolute atomic E-state index is 13.0. The second-order valence-electron chi connectivity index (χ2n) is 7.73. The van der Waals surface area contributed by atoms with Gasteiger partial charge in [-0.15, -0.1) is 0 Å². The summed E-state index contributed by atoms with van der Waals surface area (Å²) < 4.78 is 5.75. The number of amides is 2. The molecule has 2 fully saturated rings.